The monoisotopic (exact) mass is 249 g/mol. The van der Waals surface area contributed by atoms with E-state index in [0.29, 0.717) is 18.5 Å². The summed E-state index contributed by atoms with van der Waals surface area (Å²) in [6, 6.07) is 6.55. The number of esters is 1. The molecule has 6 heteroatoms. The molecule has 0 aliphatic carbocycles. The first-order valence-corrected chi connectivity index (χ1v) is 5.42. The molecule has 2 rings (SSSR count). The van der Waals surface area contributed by atoms with Crippen molar-refractivity contribution in [1.82, 2.24) is 14.8 Å². The Morgan fingerprint density at radius 1 is 1.44 bits per heavy atom. The van der Waals surface area contributed by atoms with Gasteiger partial charge in [0.2, 0.25) is 0 Å². The third-order valence-electron chi connectivity index (χ3n) is 2.47. The van der Waals surface area contributed by atoms with Gasteiger partial charge in [-0.25, -0.2) is 14.2 Å². The number of nitrogens with zero attached hydrogens (tertiary/aromatic N) is 3. The van der Waals surface area contributed by atoms with Gasteiger partial charge >= 0.3 is 5.97 Å². The molecular weight excluding hydrogens is 237 g/mol. The van der Waals surface area contributed by atoms with Gasteiger partial charge in [-0.05, 0) is 18.1 Å². The number of carbonyl (C=O) groups is 1. The van der Waals surface area contributed by atoms with Crippen LogP contribution in [0, 0.1) is 5.82 Å². The van der Waals surface area contributed by atoms with Gasteiger partial charge < -0.3 is 4.74 Å². The minimum Gasteiger partial charge on any atom is -0.463 e. The maximum Gasteiger partial charge on any atom is 0.377 e. The molecule has 2 aromatic rings. The first-order chi connectivity index (χ1) is 8.70. The summed E-state index contributed by atoms with van der Waals surface area (Å²) in [5.74, 6) is -0.823. The number of rotatable bonds is 4. The summed E-state index contributed by atoms with van der Waals surface area (Å²) >= 11 is 0. The Balaban J connectivity index is 2.01. The number of halogens is 1. The van der Waals surface area contributed by atoms with Crippen LogP contribution in [0.1, 0.15) is 16.2 Å². The third kappa shape index (κ3) is 2.71. The van der Waals surface area contributed by atoms with Crippen molar-refractivity contribution in [3.8, 4) is 0 Å². The Morgan fingerprint density at radius 2 is 2.22 bits per heavy atom. The van der Waals surface area contributed by atoms with Crippen LogP contribution in [-0.2, 0) is 17.7 Å². The summed E-state index contributed by atoms with van der Waals surface area (Å²) in [5.41, 5.74) is 0.604. The molecule has 0 bridgehead atoms. The van der Waals surface area contributed by atoms with E-state index < -0.39 is 5.97 Å². The van der Waals surface area contributed by atoms with Crippen molar-refractivity contribution in [2.75, 3.05) is 7.11 Å². The minimum atomic E-state index is -0.584. The van der Waals surface area contributed by atoms with Crippen LogP contribution in [-0.4, -0.2) is 27.8 Å². The Bertz CT molecular complexity index is 554. The number of carbonyl (C=O) groups excluding carboxylic acids is 1. The van der Waals surface area contributed by atoms with E-state index >= 15 is 0 Å². The molecule has 0 unspecified atom stereocenters. The van der Waals surface area contributed by atoms with Crippen molar-refractivity contribution in [3.05, 3.63) is 47.8 Å². The molecule has 1 aromatic carbocycles. The molecular formula is C12H12FN3O2. The van der Waals surface area contributed by atoms with Crippen molar-refractivity contribution in [1.29, 1.82) is 0 Å². The quantitative estimate of drug-likeness (QED) is 0.769. The first-order valence-electron chi connectivity index (χ1n) is 5.42. The SMILES string of the molecule is COC(=O)c1ncn(CCc2ccccc2F)n1. The second-order valence-corrected chi connectivity index (χ2v) is 3.66. The van der Waals surface area contributed by atoms with Gasteiger partial charge in [0.05, 0.1) is 7.11 Å². The second kappa shape index (κ2) is 5.39. The van der Waals surface area contributed by atoms with Crippen LogP contribution >= 0.6 is 0 Å². The summed E-state index contributed by atoms with van der Waals surface area (Å²) < 4.78 is 19.3. The highest BCUT2D eigenvalue weighted by Crippen LogP contribution is 2.07. The van der Waals surface area contributed by atoms with Crippen LogP contribution in [0.4, 0.5) is 4.39 Å². The van der Waals surface area contributed by atoms with Gasteiger partial charge in [0.25, 0.3) is 5.82 Å². The predicted molar refractivity (Wildman–Crippen MR) is 61.5 cm³/mol. The Hall–Kier alpha value is -2.24. The van der Waals surface area contributed by atoms with Crippen molar-refractivity contribution >= 4 is 5.97 Å². The van der Waals surface area contributed by atoms with Gasteiger partial charge in [-0.1, -0.05) is 18.2 Å². The van der Waals surface area contributed by atoms with Crippen LogP contribution < -0.4 is 0 Å². The molecule has 0 radical (unpaired) electrons. The molecule has 0 saturated carbocycles. The van der Waals surface area contributed by atoms with E-state index in [9.17, 15) is 9.18 Å². The zero-order chi connectivity index (χ0) is 13.0. The average molecular weight is 249 g/mol. The molecule has 5 nitrogen and oxygen atoms in total. The molecule has 0 N–H and O–H groups in total. The Morgan fingerprint density at radius 3 is 2.94 bits per heavy atom. The van der Waals surface area contributed by atoms with E-state index in [1.54, 1.807) is 18.2 Å². The molecule has 0 aliphatic heterocycles. The number of ether oxygens (including phenoxy) is 1. The normalized spacial score (nSPS) is 10.3. The van der Waals surface area contributed by atoms with Crippen LogP contribution in [0.2, 0.25) is 0 Å². The number of aryl methyl sites for hydroxylation is 2. The van der Waals surface area contributed by atoms with Gasteiger partial charge in [0, 0.05) is 6.54 Å². The number of hydrogen-bond donors (Lipinski definition) is 0. The largest absolute Gasteiger partial charge is 0.463 e. The molecule has 0 atom stereocenters. The summed E-state index contributed by atoms with van der Waals surface area (Å²) in [7, 11) is 1.27. The zero-order valence-electron chi connectivity index (χ0n) is 9.84. The lowest BCUT2D eigenvalue weighted by atomic mass is 10.1. The second-order valence-electron chi connectivity index (χ2n) is 3.66. The van der Waals surface area contributed by atoms with Crippen molar-refractivity contribution < 1.29 is 13.9 Å². The van der Waals surface area contributed by atoms with Gasteiger partial charge in [-0.3, -0.25) is 4.68 Å². The maximum atomic E-state index is 13.4. The summed E-state index contributed by atoms with van der Waals surface area (Å²) in [6.07, 6.45) is 1.91. The Kier molecular flexibility index (Phi) is 3.66. The van der Waals surface area contributed by atoms with Crippen LogP contribution in [0.5, 0.6) is 0 Å². The molecule has 0 spiro atoms. The van der Waals surface area contributed by atoms with Gasteiger partial charge in [0.15, 0.2) is 0 Å². The van der Waals surface area contributed by atoms with E-state index in [1.165, 1.54) is 24.2 Å². The van der Waals surface area contributed by atoms with E-state index in [4.69, 9.17) is 0 Å². The molecule has 0 saturated heterocycles. The fraction of sp³-hybridized carbons (Fsp3) is 0.250. The molecule has 18 heavy (non-hydrogen) atoms. The van der Waals surface area contributed by atoms with E-state index in [0.717, 1.165) is 0 Å². The topological polar surface area (TPSA) is 57.0 Å². The molecule has 1 heterocycles. The average Bonchev–Trinajstić information content (AvgIpc) is 2.86. The van der Waals surface area contributed by atoms with E-state index in [2.05, 4.69) is 14.8 Å². The number of hydrogen-bond acceptors (Lipinski definition) is 4. The number of aromatic nitrogens is 3. The van der Waals surface area contributed by atoms with Crippen LogP contribution in [0.15, 0.2) is 30.6 Å². The van der Waals surface area contributed by atoms with Gasteiger partial charge in [0.1, 0.15) is 12.1 Å². The number of benzene rings is 1. The lowest BCUT2D eigenvalue weighted by Gasteiger charge is -2.02. The van der Waals surface area contributed by atoms with Gasteiger partial charge in [-0.2, -0.15) is 0 Å². The van der Waals surface area contributed by atoms with Crippen molar-refractivity contribution in [2.24, 2.45) is 0 Å². The predicted octanol–water partition coefficient (Wildman–Crippen LogP) is 1.45. The highest BCUT2D eigenvalue weighted by Gasteiger charge is 2.11. The fourth-order valence-corrected chi connectivity index (χ4v) is 1.52. The number of methoxy groups -OCH3 is 1. The standard InChI is InChI=1S/C12H12FN3O2/c1-18-12(17)11-14-8-16(15-11)7-6-9-4-2-3-5-10(9)13/h2-5,8H,6-7H2,1H3. The van der Waals surface area contributed by atoms with E-state index in [-0.39, 0.29) is 11.6 Å². The Labute approximate surface area is 103 Å². The minimum absolute atomic E-state index is 0.00559. The molecule has 0 aliphatic rings. The lowest BCUT2D eigenvalue weighted by Crippen LogP contribution is -2.07. The van der Waals surface area contributed by atoms with Gasteiger partial charge in [-0.15, -0.1) is 5.10 Å². The highest BCUT2D eigenvalue weighted by molar-refractivity contribution is 5.84. The van der Waals surface area contributed by atoms with Crippen LogP contribution in [0.25, 0.3) is 0 Å². The lowest BCUT2D eigenvalue weighted by molar-refractivity contribution is 0.0586. The van der Waals surface area contributed by atoms with E-state index in [1.807, 2.05) is 0 Å². The van der Waals surface area contributed by atoms with Crippen molar-refractivity contribution in [2.45, 2.75) is 13.0 Å². The van der Waals surface area contributed by atoms with Crippen LogP contribution in [0.3, 0.4) is 0 Å². The third-order valence-corrected chi connectivity index (χ3v) is 2.47. The van der Waals surface area contributed by atoms with Crippen molar-refractivity contribution in [3.63, 3.8) is 0 Å². The zero-order valence-corrected chi connectivity index (χ0v) is 9.84. The maximum absolute atomic E-state index is 13.4. The summed E-state index contributed by atoms with van der Waals surface area (Å²) in [5, 5.41) is 3.93. The molecule has 1 aromatic heterocycles. The highest BCUT2D eigenvalue weighted by atomic mass is 19.1. The fourth-order valence-electron chi connectivity index (χ4n) is 1.52. The summed E-state index contributed by atoms with van der Waals surface area (Å²) in [6.45, 7) is 0.449. The first kappa shape index (κ1) is 12.2. The summed E-state index contributed by atoms with van der Waals surface area (Å²) in [4.78, 5) is 14.9. The molecule has 0 amide bonds. The molecule has 94 valence electrons. The molecule has 0 fully saturated rings. The smallest absolute Gasteiger partial charge is 0.377 e.